The molecule has 1 atom stereocenters. The van der Waals surface area contributed by atoms with Gasteiger partial charge in [-0.3, -0.25) is 4.79 Å². The van der Waals surface area contributed by atoms with Crippen LogP contribution < -0.4 is 10.6 Å². The molecular formula is C12H16N2O3. The Kier molecular flexibility index (Phi) is 5.00. The first kappa shape index (κ1) is 13.0. The first-order valence-electron chi connectivity index (χ1n) is 5.44. The molecule has 0 spiro atoms. The Morgan fingerprint density at radius 3 is 2.47 bits per heavy atom. The summed E-state index contributed by atoms with van der Waals surface area (Å²) >= 11 is 0. The number of hydrogen-bond donors (Lipinski definition) is 3. The fourth-order valence-electron chi connectivity index (χ4n) is 1.47. The Hall–Kier alpha value is -2.04. The predicted octanol–water partition coefficient (Wildman–Crippen LogP) is 1.52. The zero-order valence-electron chi connectivity index (χ0n) is 9.64. The van der Waals surface area contributed by atoms with E-state index in [2.05, 4.69) is 10.6 Å². The van der Waals surface area contributed by atoms with Crippen LogP contribution in [0.2, 0.25) is 0 Å². The highest BCUT2D eigenvalue weighted by molar-refractivity contribution is 5.80. The summed E-state index contributed by atoms with van der Waals surface area (Å²) in [5.74, 6) is -1.06. The summed E-state index contributed by atoms with van der Waals surface area (Å²) in [4.78, 5) is 21.7. The summed E-state index contributed by atoms with van der Waals surface area (Å²) in [6.45, 7) is 1.58. The Bertz CT molecular complexity index is 379. The summed E-state index contributed by atoms with van der Waals surface area (Å²) in [5, 5.41) is 13.4. The smallest absolute Gasteiger partial charge is 0.323 e. The van der Waals surface area contributed by atoms with Gasteiger partial charge < -0.3 is 15.7 Å². The van der Waals surface area contributed by atoms with Gasteiger partial charge in [-0.1, -0.05) is 37.3 Å². The molecule has 0 aromatic heterocycles. The molecule has 1 unspecified atom stereocenters. The van der Waals surface area contributed by atoms with Crippen molar-refractivity contribution in [3.63, 3.8) is 0 Å². The van der Waals surface area contributed by atoms with Crippen LogP contribution in [-0.2, 0) is 4.79 Å². The van der Waals surface area contributed by atoms with Crippen molar-refractivity contribution in [3.8, 4) is 0 Å². The van der Waals surface area contributed by atoms with Crippen LogP contribution in [0.3, 0.4) is 0 Å². The van der Waals surface area contributed by atoms with Gasteiger partial charge in [-0.2, -0.15) is 0 Å². The molecule has 2 amide bonds. The standard InChI is InChI=1S/C12H16N2O3/c1-2-10(9-6-4-3-5-7-9)14-12(17)13-8-11(15)16/h3-7,10H,2,8H2,1H3,(H,15,16)(H2,13,14,17). The van der Waals surface area contributed by atoms with Gasteiger partial charge in [0.25, 0.3) is 0 Å². The molecule has 0 aliphatic heterocycles. The van der Waals surface area contributed by atoms with E-state index in [9.17, 15) is 9.59 Å². The third kappa shape index (κ3) is 4.55. The molecule has 92 valence electrons. The van der Waals surface area contributed by atoms with Crippen molar-refractivity contribution >= 4 is 12.0 Å². The van der Waals surface area contributed by atoms with E-state index in [4.69, 9.17) is 5.11 Å². The lowest BCUT2D eigenvalue weighted by molar-refractivity contribution is -0.135. The molecule has 0 bridgehead atoms. The average molecular weight is 236 g/mol. The van der Waals surface area contributed by atoms with E-state index in [0.29, 0.717) is 0 Å². The Labute approximate surface area is 99.8 Å². The van der Waals surface area contributed by atoms with Crippen LogP contribution in [0.4, 0.5) is 4.79 Å². The van der Waals surface area contributed by atoms with Crippen LogP contribution in [-0.4, -0.2) is 23.7 Å². The van der Waals surface area contributed by atoms with Crippen LogP contribution in [0.25, 0.3) is 0 Å². The SMILES string of the molecule is CCC(NC(=O)NCC(=O)O)c1ccccc1. The van der Waals surface area contributed by atoms with Crippen LogP contribution >= 0.6 is 0 Å². The lowest BCUT2D eigenvalue weighted by Gasteiger charge is -2.17. The number of hydrogen-bond acceptors (Lipinski definition) is 2. The van der Waals surface area contributed by atoms with Crippen LogP contribution in [0.15, 0.2) is 30.3 Å². The molecule has 0 saturated heterocycles. The second-order valence-electron chi connectivity index (χ2n) is 3.59. The number of rotatable bonds is 5. The Balaban J connectivity index is 2.53. The van der Waals surface area contributed by atoms with Gasteiger partial charge in [-0.25, -0.2) is 4.79 Å². The van der Waals surface area contributed by atoms with Crippen molar-refractivity contribution in [1.29, 1.82) is 0 Å². The van der Waals surface area contributed by atoms with Gasteiger partial charge in [0, 0.05) is 0 Å². The maximum absolute atomic E-state index is 11.4. The normalized spacial score (nSPS) is 11.6. The monoisotopic (exact) mass is 236 g/mol. The fraction of sp³-hybridized carbons (Fsp3) is 0.333. The molecule has 1 aromatic carbocycles. The molecular weight excluding hydrogens is 220 g/mol. The van der Waals surface area contributed by atoms with E-state index in [1.54, 1.807) is 0 Å². The van der Waals surface area contributed by atoms with Crippen molar-refractivity contribution in [3.05, 3.63) is 35.9 Å². The lowest BCUT2D eigenvalue weighted by Crippen LogP contribution is -2.40. The number of benzene rings is 1. The molecule has 3 N–H and O–H groups in total. The molecule has 0 saturated carbocycles. The molecule has 0 fully saturated rings. The number of carbonyl (C=O) groups excluding carboxylic acids is 1. The number of carboxylic acid groups (broad SMARTS) is 1. The molecule has 5 heteroatoms. The minimum absolute atomic E-state index is 0.106. The van der Waals surface area contributed by atoms with Gasteiger partial charge in [0.2, 0.25) is 0 Å². The molecule has 0 aliphatic rings. The zero-order valence-corrected chi connectivity index (χ0v) is 9.64. The van der Waals surface area contributed by atoms with Gasteiger partial charge in [0.15, 0.2) is 0 Å². The number of carbonyl (C=O) groups is 2. The maximum Gasteiger partial charge on any atom is 0.323 e. The average Bonchev–Trinajstić information content (AvgIpc) is 2.34. The summed E-state index contributed by atoms with van der Waals surface area (Å²) in [5.41, 5.74) is 1.00. The molecule has 0 aliphatic carbocycles. The van der Waals surface area contributed by atoms with E-state index < -0.39 is 12.0 Å². The van der Waals surface area contributed by atoms with E-state index >= 15 is 0 Å². The van der Waals surface area contributed by atoms with Gasteiger partial charge in [-0.15, -0.1) is 0 Å². The van der Waals surface area contributed by atoms with Gasteiger partial charge in [0.1, 0.15) is 6.54 Å². The molecule has 0 radical (unpaired) electrons. The highest BCUT2D eigenvalue weighted by atomic mass is 16.4. The molecule has 1 aromatic rings. The maximum atomic E-state index is 11.4. The molecule has 17 heavy (non-hydrogen) atoms. The summed E-state index contributed by atoms with van der Waals surface area (Å²) in [7, 11) is 0. The Morgan fingerprint density at radius 2 is 1.94 bits per heavy atom. The van der Waals surface area contributed by atoms with Crippen LogP contribution in [0.5, 0.6) is 0 Å². The number of nitrogens with one attached hydrogen (secondary N) is 2. The summed E-state index contributed by atoms with van der Waals surface area (Å²) < 4.78 is 0. The highest BCUT2D eigenvalue weighted by Crippen LogP contribution is 2.15. The van der Waals surface area contributed by atoms with Crippen molar-refractivity contribution in [1.82, 2.24) is 10.6 Å². The summed E-state index contributed by atoms with van der Waals surface area (Å²) in [6, 6.07) is 8.97. The first-order chi connectivity index (χ1) is 8.13. The minimum Gasteiger partial charge on any atom is -0.480 e. The topological polar surface area (TPSA) is 78.4 Å². The van der Waals surface area contributed by atoms with Crippen molar-refractivity contribution in [2.45, 2.75) is 19.4 Å². The highest BCUT2D eigenvalue weighted by Gasteiger charge is 2.12. The summed E-state index contributed by atoms with van der Waals surface area (Å²) in [6.07, 6.45) is 0.741. The molecule has 1 rings (SSSR count). The molecule has 0 heterocycles. The van der Waals surface area contributed by atoms with Crippen molar-refractivity contribution in [2.24, 2.45) is 0 Å². The van der Waals surface area contributed by atoms with Crippen molar-refractivity contribution < 1.29 is 14.7 Å². The second-order valence-corrected chi connectivity index (χ2v) is 3.59. The first-order valence-corrected chi connectivity index (χ1v) is 5.44. The van der Waals surface area contributed by atoms with E-state index in [0.717, 1.165) is 12.0 Å². The van der Waals surface area contributed by atoms with E-state index in [1.165, 1.54) is 0 Å². The largest absolute Gasteiger partial charge is 0.480 e. The minimum atomic E-state index is -1.06. The predicted molar refractivity (Wildman–Crippen MR) is 63.6 cm³/mol. The van der Waals surface area contributed by atoms with Crippen molar-refractivity contribution in [2.75, 3.05) is 6.54 Å². The zero-order chi connectivity index (χ0) is 12.7. The number of amides is 2. The van der Waals surface area contributed by atoms with Crippen LogP contribution in [0.1, 0.15) is 24.9 Å². The fourth-order valence-corrected chi connectivity index (χ4v) is 1.47. The number of carboxylic acids is 1. The third-order valence-electron chi connectivity index (χ3n) is 2.32. The number of urea groups is 1. The van der Waals surface area contributed by atoms with E-state index in [-0.39, 0.29) is 12.6 Å². The van der Waals surface area contributed by atoms with Gasteiger partial charge in [-0.05, 0) is 12.0 Å². The second kappa shape index (κ2) is 6.52. The lowest BCUT2D eigenvalue weighted by atomic mass is 10.1. The van der Waals surface area contributed by atoms with Gasteiger partial charge >= 0.3 is 12.0 Å². The number of aliphatic carboxylic acids is 1. The quantitative estimate of drug-likeness (QED) is 0.725. The Morgan fingerprint density at radius 1 is 1.29 bits per heavy atom. The van der Waals surface area contributed by atoms with Crippen LogP contribution in [0, 0.1) is 0 Å². The third-order valence-corrected chi connectivity index (χ3v) is 2.32. The van der Waals surface area contributed by atoms with Gasteiger partial charge in [0.05, 0.1) is 6.04 Å². The molecule has 5 nitrogen and oxygen atoms in total. The van der Waals surface area contributed by atoms with E-state index in [1.807, 2.05) is 37.3 Å².